The number of hydrazine groups is 1. The predicted molar refractivity (Wildman–Crippen MR) is 71.1 cm³/mol. The first kappa shape index (κ1) is 13.5. The summed E-state index contributed by atoms with van der Waals surface area (Å²) in [4.78, 5) is 4.06. The van der Waals surface area contributed by atoms with Crippen molar-refractivity contribution in [3.05, 3.63) is 59.2 Å². The van der Waals surface area contributed by atoms with Gasteiger partial charge in [0.15, 0.2) is 0 Å². The number of nitrogens with one attached hydrogen (secondary N) is 1. The van der Waals surface area contributed by atoms with E-state index in [1.165, 1.54) is 12.3 Å². The minimum absolute atomic E-state index is 0.244. The Morgan fingerprint density at radius 1 is 1.37 bits per heavy atom. The highest BCUT2D eigenvalue weighted by Gasteiger charge is 2.21. The molecule has 19 heavy (non-hydrogen) atoms. The third kappa shape index (κ3) is 2.72. The highest BCUT2D eigenvalue weighted by molar-refractivity contribution is 5.42. The van der Waals surface area contributed by atoms with Crippen LogP contribution in [-0.2, 0) is 0 Å². The molecule has 100 valence electrons. The Morgan fingerprint density at radius 2 is 2.16 bits per heavy atom. The van der Waals surface area contributed by atoms with Crippen molar-refractivity contribution in [1.29, 1.82) is 0 Å². The molecule has 0 radical (unpaired) electrons. The second-order valence-corrected chi connectivity index (χ2v) is 4.22. The monoisotopic (exact) mass is 261 g/mol. The summed E-state index contributed by atoms with van der Waals surface area (Å²) in [5.41, 5.74) is 4.63. The summed E-state index contributed by atoms with van der Waals surface area (Å²) in [7, 11) is 1.57. The minimum atomic E-state index is -0.559. The van der Waals surface area contributed by atoms with Gasteiger partial charge in [0.1, 0.15) is 11.6 Å². The maximum absolute atomic E-state index is 13.8. The van der Waals surface area contributed by atoms with E-state index in [0.29, 0.717) is 5.75 Å². The van der Waals surface area contributed by atoms with Crippen molar-refractivity contribution in [1.82, 2.24) is 10.4 Å². The van der Waals surface area contributed by atoms with Crippen LogP contribution in [0.15, 0.2) is 36.5 Å². The van der Waals surface area contributed by atoms with Crippen LogP contribution < -0.4 is 16.0 Å². The number of pyridine rings is 1. The number of nitrogens with two attached hydrogens (primary N) is 1. The van der Waals surface area contributed by atoms with E-state index in [1.807, 2.05) is 25.1 Å². The summed E-state index contributed by atoms with van der Waals surface area (Å²) in [6.45, 7) is 1.95. The number of rotatable bonds is 4. The van der Waals surface area contributed by atoms with E-state index in [2.05, 4.69) is 10.4 Å². The number of ether oxygens (including phenoxy) is 1. The third-order valence-electron chi connectivity index (χ3n) is 2.92. The average molecular weight is 261 g/mol. The van der Waals surface area contributed by atoms with Gasteiger partial charge in [0.2, 0.25) is 0 Å². The lowest BCUT2D eigenvalue weighted by atomic mass is 10.00. The van der Waals surface area contributed by atoms with Gasteiger partial charge in [0.05, 0.1) is 18.8 Å². The Morgan fingerprint density at radius 3 is 2.79 bits per heavy atom. The molecule has 0 fully saturated rings. The largest absolute Gasteiger partial charge is 0.496 e. The van der Waals surface area contributed by atoms with Crippen LogP contribution in [0, 0.1) is 12.7 Å². The van der Waals surface area contributed by atoms with Crippen molar-refractivity contribution < 1.29 is 9.13 Å². The summed E-state index contributed by atoms with van der Waals surface area (Å²) >= 11 is 0. The minimum Gasteiger partial charge on any atom is -0.496 e. The van der Waals surface area contributed by atoms with E-state index >= 15 is 0 Å². The molecule has 4 nitrogen and oxygen atoms in total. The lowest BCUT2D eigenvalue weighted by Gasteiger charge is -2.19. The van der Waals surface area contributed by atoms with E-state index in [9.17, 15) is 4.39 Å². The van der Waals surface area contributed by atoms with Crippen molar-refractivity contribution in [2.75, 3.05) is 7.11 Å². The molecule has 0 bridgehead atoms. The Labute approximate surface area is 111 Å². The number of hydrogen-bond donors (Lipinski definition) is 2. The van der Waals surface area contributed by atoms with Gasteiger partial charge in [-0.1, -0.05) is 17.7 Å². The van der Waals surface area contributed by atoms with Crippen LogP contribution in [0.5, 0.6) is 5.75 Å². The van der Waals surface area contributed by atoms with Gasteiger partial charge in [-0.15, -0.1) is 0 Å². The van der Waals surface area contributed by atoms with Crippen molar-refractivity contribution >= 4 is 0 Å². The molecule has 5 heteroatoms. The second-order valence-electron chi connectivity index (χ2n) is 4.22. The molecule has 3 N–H and O–H groups in total. The summed E-state index contributed by atoms with van der Waals surface area (Å²) in [6, 6.07) is 7.99. The zero-order chi connectivity index (χ0) is 13.8. The fraction of sp³-hybridized carbons (Fsp3) is 0.214. The number of nitrogens with zero attached hydrogens (tertiary/aromatic N) is 1. The molecule has 0 aliphatic heterocycles. The van der Waals surface area contributed by atoms with Gasteiger partial charge in [-0.25, -0.2) is 9.82 Å². The van der Waals surface area contributed by atoms with Crippen LogP contribution in [-0.4, -0.2) is 12.1 Å². The topological polar surface area (TPSA) is 60.2 Å². The van der Waals surface area contributed by atoms with Gasteiger partial charge in [-0.05, 0) is 25.1 Å². The molecule has 0 amide bonds. The first-order valence-electron chi connectivity index (χ1n) is 5.88. The summed E-state index contributed by atoms with van der Waals surface area (Å²) < 4.78 is 19.1. The molecule has 1 aromatic heterocycles. The van der Waals surface area contributed by atoms with Crippen LogP contribution >= 0.6 is 0 Å². The number of hydrogen-bond acceptors (Lipinski definition) is 4. The molecule has 1 atom stereocenters. The number of halogens is 1. The van der Waals surface area contributed by atoms with Gasteiger partial charge in [0, 0.05) is 11.8 Å². The second kappa shape index (κ2) is 5.77. The number of aromatic nitrogens is 1. The number of aryl methyl sites for hydroxylation is 1. The molecular formula is C14H16FN3O. The Bertz CT molecular complexity index is 574. The lowest BCUT2D eigenvalue weighted by Crippen LogP contribution is -2.30. The van der Waals surface area contributed by atoms with Crippen LogP contribution in [0.3, 0.4) is 0 Å². The molecule has 0 spiro atoms. The van der Waals surface area contributed by atoms with Crippen molar-refractivity contribution in [3.8, 4) is 5.75 Å². The molecule has 1 unspecified atom stereocenters. The van der Waals surface area contributed by atoms with E-state index in [4.69, 9.17) is 10.6 Å². The standard InChI is InChI=1S/C14H16FN3O/c1-9-5-6-12(19-2)10(8-9)13(18-16)14-11(15)4-3-7-17-14/h3-8,13,18H,16H2,1-2H3. The van der Waals surface area contributed by atoms with Crippen LogP contribution in [0.1, 0.15) is 22.9 Å². The zero-order valence-electron chi connectivity index (χ0n) is 10.9. The molecule has 1 aromatic carbocycles. The molecule has 1 heterocycles. The molecule has 0 saturated carbocycles. The maximum Gasteiger partial charge on any atom is 0.146 e. The van der Waals surface area contributed by atoms with Crippen molar-refractivity contribution in [3.63, 3.8) is 0 Å². The van der Waals surface area contributed by atoms with Crippen molar-refractivity contribution in [2.24, 2.45) is 5.84 Å². The molecule has 2 aromatic rings. The highest BCUT2D eigenvalue weighted by atomic mass is 19.1. The Kier molecular flexibility index (Phi) is 4.09. The maximum atomic E-state index is 13.8. The van der Waals surface area contributed by atoms with Gasteiger partial charge < -0.3 is 4.74 Å². The highest BCUT2D eigenvalue weighted by Crippen LogP contribution is 2.30. The molecule has 0 saturated heterocycles. The first-order valence-corrected chi connectivity index (χ1v) is 5.88. The lowest BCUT2D eigenvalue weighted by molar-refractivity contribution is 0.402. The fourth-order valence-corrected chi connectivity index (χ4v) is 2.01. The van der Waals surface area contributed by atoms with Crippen LogP contribution in [0.4, 0.5) is 4.39 Å². The van der Waals surface area contributed by atoms with Crippen LogP contribution in [0.25, 0.3) is 0 Å². The van der Waals surface area contributed by atoms with Gasteiger partial charge in [-0.2, -0.15) is 0 Å². The molecular weight excluding hydrogens is 245 g/mol. The smallest absolute Gasteiger partial charge is 0.146 e. The van der Waals surface area contributed by atoms with Crippen LogP contribution in [0.2, 0.25) is 0 Å². The molecule has 2 rings (SSSR count). The Hall–Kier alpha value is -1.98. The predicted octanol–water partition coefficient (Wildman–Crippen LogP) is 2.09. The van der Waals surface area contributed by atoms with E-state index in [0.717, 1.165) is 11.1 Å². The quantitative estimate of drug-likeness (QED) is 0.653. The third-order valence-corrected chi connectivity index (χ3v) is 2.92. The number of benzene rings is 1. The summed E-state index contributed by atoms with van der Waals surface area (Å²) in [5, 5.41) is 0. The van der Waals surface area contributed by atoms with Gasteiger partial charge >= 0.3 is 0 Å². The van der Waals surface area contributed by atoms with E-state index in [1.54, 1.807) is 13.2 Å². The average Bonchev–Trinajstić information content (AvgIpc) is 2.42. The molecule has 0 aliphatic carbocycles. The van der Waals surface area contributed by atoms with E-state index in [-0.39, 0.29) is 5.69 Å². The number of methoxy groups -OCH3 is 1. The SMILES string of the molecule is COc1ccc(C)cc1C(NN)c1ncccc1F. The summed E-state index contributed by atoms with van der Waals surface area (Å²) in [6.07, 6.45) is 1.53. The zero-order valence-corrected chi connectivity index (χ0v) is 10.9. The van der Waals surface area contributed by atoms with E-state index < -0.39 is 11.9 Å². The molecule has 0 aliphatic rings. The van der Waals surface area contributed by atoms with Gasteiger partial charge in [-0.3, -0.25) is 10.8 Å². The fourth-order valence-electron chi connectivity index (χ4n) is 2.01. The Balaban J connectivity index is 2.54. The normalized spacial score (nSPS) is 12.2. The first-order chi connectivity index (χ1) is 9.17. The summed E-state index contributed by atoms with van der Waals surface area (Å²) in [5.74, 6) is 5.80. The van der Waals surface area contributed by atoms with Crippen molar-refractivity contribution in [2.45, 2.75) is 13.0 Å². The van der Waals surface area contributed by atoms with Gasteiger partial charge in [0.25, 0.3) is 0 Å².